The Hall–Kier alpha value is -2.01. The predicted molar refractivity (Wildman–Crippen MR) is 103 cm³/mol. The van der Waals surface area contributed by atoms with Crippen molar-refractivity contribution in [1.29, 1.82) is 0 Å². The van der Waals surface area contributed by atoms with Crippen LogP contribution in [0.2, 0.25) is 0 Å². The summed E-state index contributed by atoms with van der Waals surface area (Å²) in [6, 6.07) is 9.31. The van der Waals surface area contributed by atoms with Crippen molar-refractivity contribution in [3.63, 3.8) is 0 Å². The molecule has 2 aromatic carbocycles. The minimum atomic E-state index is -4.20. The van der Waals surface area contributed by atoms with E-state index in [2.05, 4.69) is 6.07 Å². The zero-order valence-corrected chi connectivity index (χ0v) is 16.1. The van der Waals surface area contributed by atoms with Crippen LogP contribution < -0.4 is 4.74 Å². The first-order valence-corrected chi connectivity index (χ1v) is 9.92. The minimum absolute atomic E-state index is 0.319. The first-order valence-electron chi connectivity index (χ1n) is 9.92. The first-order chi connectivity index (χ1) is 13.4. The van der Waals surface area contributed by atoms with E-state index in [-0.39, 0.29) is 0 Å². The Labute approximate surface area is 163 Å². The highest BCUT2D eigenvalue weighted by molar-refractivity contribution is 5.76. The van der Waals surface area contributed by atoms with Gasteiger partial charge in [-0.2, -0.15) is 13.2 Å². The molecule has 1 fully saturated rings. The van der Waals surface area contributed by atoms with E-state index in [1.807, 2.05) is 19.1 Å². The lowest BCUT2D eigenvalue weighted by atomic mass is 9.90. The van der Waals surface area contributed by atoms with Crippen molar-refractivity contribution in [3.8, 4) is 16.9 Å². The molecule has 0 aromatic heterocycles. The Morgan fingerprint density at radius 2 is 1.93 bits per heavy atom. The highest BCUT2D eigenvalue weighted by atomic mass is 19.4. The molecule has 1 heterocycles. The fourth-order valence-electron chi connectivity index (χ4n) is 4.30. The average molecular weight is 390 g/mol. The molecule has 1 unspecified atom stereocenters. The SMILES string of the molecule is Cc1cc(OCC2CCOC2)cc2c1-c1cc(CC(F)(F)F)ccc1CCC2. The van der Waals surface area contributed by atoms with Crippen LogP contribution in [0.4, 0.5) is 13.2 Å². The van der Waals surface area contributed by atoms with Crippen LogP contribution in [0.25, 0.3) is 11.1 Å². The monoisotopic (exact) mass is 390 g/mol. The molecular formula is C23H25F3O2. The molecule has 1 aliphatic heterocycles. The summed E-state index contributed by atoms with van der Waals surface area (Å²) in [7, 11) is 0. The second-order valence-corrected chi connectivity index (χ2v) is 7.95. The predicted octanol–water partition coefficient (Wildman–Crippen LogP) is 5.67. The van der Waals surface area contributed by atoms with Gasteiger partial charge in [-0.25, -0.2) is 0 Å². The molecule has 1 aliphatic carbocycles. The molecule has 2 nitrogen and oxygen atoms in total. The van der Waals surface area contributed by atoms with E-state index < -0.39 is 12.6 Å². The topological polar surface area (TPSA) is 18.5 Å². The van der Waals surface area contributed by atoms with E-state index >= 15 is 0 Å². The number of aryl methyl sites for hydroxylation is 3. The fourth-order valence-corrected chi connectivity index (χ4v) is 4.30. The number of ether oxygens (including phenoxy) is 2. The van der Waals surface area contributed by atoms with E-state index in [0.717, 1.165) is 66.9 Å². The largest absolute Gasteiger partial charge is 0.493 e. The number of benzene rings is 2. The number of hydrogen-bond acceptors (Lipinski definition) is 2. The summed E-state index contributed by atoms with van der Waals surface area (Å²) in [5.74, 6) is 1.28. The van der Waals surface area contributed by atoms with Crippen molar-refractivity contribution in [3.05, 3.63) is 52.6 Å². The molecular weight excluding hydrogens is 365 g/mol. The summed E-state index contributed by atoms with van der Waals surface area (Å²) in [4.78, 5) is 0. The van der Waals surface area contributed by atoms with E-state index in [9.17, 15) is 13.2 Å². The summed E-state index contributed by atoms with van der Waals surface area (Å²) in [6.07, 6.45) is -1.29. The molecule has 0 bridgehead atoms. The molecule has 0 saturated carbocycles. The van der Waals surface area contributed by atoms with Crippen LogP contribution in [0.15, 0.2) is 30.3 Å². The number of hydrogen-bond donors (Lipinski definition) is 0. The number of alkyl halides is 3. The van der Waals surface area contributed by atoms with Crippen molar-refractivity contribution in [2.75, 3.05) is 19.8 Å². The molecule has 0 radical (unpaired) electrons. The van der Waals surface area contributed by atoms with Gasteiger partial charge in [0, 0.05) is 12.5 Å². The van der Waals surface area contributed by atoms with Crippen molar-refractivity contribution in [2.24, 2.45) is 5.92 Å². The molecule has 28 heavy (non-hydrogen) atoms. The molecule has 0 spiro atoms. The summed E-state index contributed by atoms with van der Waals surface area (Å²) in [5, 5.41) is 0. The molecule has 4 rings (SSSR count). The molecule has 1 saturated heterocycles. The standard InChI is InChI=1S/C23H25F3O2/c1-15-9-20(28-14-17-7-8-27-13-17)11-19-4-2-3-18-6-5-16(12-23(24,25)26)10-21(18)22(15)19/h5-6,9-11,17H,2-4,7-8,12-14H2,1H3. The highest BCUT2D eigenvalue weighted by Crippen LogP contribution is 2.38. The van der Waals surface area contributed by atoms with Crippen LogP contribution in [-0.2, 0) is 24.0 Å². The van der Waals surface area contributed by atoms with Crippen molar-refractivity contribution < 1.29 is 22.6 Å². The quantitative estimate of drug-likeness (QED) is 0.670. The summed E-state index contributed by atoms with van der Waals surface area (Å²) < 4.78 is 50.0. The lowest BCUT2D eigenvalue weighted by Crippen LogP contribution is -2.12. The Morgan fingerprint density at radius 3 is 2.68 bits per heavy atom. The first kappa shape index (κ1) is 19.3. The van der Waals surface area contributed by atoms with Crippen molar-refractivity contribution in [2.45, 2.75) is 45.2 Å². The van der Waals surface area contributed by atoms with E-state index in [1.165, 1.54) is 5.56 Å². The van der Waals surface area contributed by atoms with Crippen LogP contribution in [-0.4, -0.2) is 26.0 Å². The molecule has 0 N–H and O–H groups in total. The van der Waals surface area contributed by atoms with Gasteiger partial charge in [0.25, 0.3) is 0 Å². The van der Waals surface area contributed by atoms with Gasteiger partial charge in [0.15, 0.2) is 0 Å². The van der Waals surface area contributed by atoms with Crippen LogP contribution in [0.5, 0.6) is 5.75 Å². The third-order valence-electron chi connectivity index (χ3n) is 5.64. The van der Waals surface area contributed by atoms with Gasteiger partial charge in [0.1, 0.15) is 5.75 Å². The molecule has 2 aromatic rings. The zero-order valence-electron chi connectivity index (χ0n) is 16.1. The van der Waals surface area contributed by atoms with Gasteiger partial charge in [-0.05, 0) is 78.1 Å². The van der Waals surface area contributed by atoms with Gasteiger partial charge in [-0.15, -0.1) is 0 Å². The zero-order chi connectivity index (χ0) is 19.7. The Balaban J connectivity index is 1.65. The maximum absolute atomic E-state index is 12.9. The summed E-state index contributed by atoms with van der Waals surface area (Å²) >= 11 is 0. The molecule has 2 aliphatic rings. The van der Waals surface area contributed by atoms with Crippen LogP contribution in [0.1, 0.15) is 35.1 Å². The van der Waals surface area contributed by atoms with E-state index in [0.29, 0.717) is 18.1 Å². The van der Waals surface area contributed by atoms with Crippen LogP contribution in [0.3, 0.4) is 0 Å². The smallest absolute Gasteiger partial charge is 0.393 e. The second-order valence-electron chi connectivity index (χ2n) is 7.95. The molecule has 0 amide bonds. The van der Waals surface area contributed by atoms with Gasteiger partial charge in [0.05, 0.1) is 19.6 Å². The highest BCUT2D eigenvalue weighted by Gasteiger charge is 2.28. The van der Waals surface area contributed by atoms with Crippen LogP contribution >= 0.6 is 0 Å². The second kappa shape index (κ2) is 7.78. The van der Waals surface area contributed by atoms with E-state index in [4.69, 9.17) is 9.47 Å². The number of rotatable bonds is 4. The van der Waals surface area contributed by atoms with Gasteiger partial charge >= 0.3 is 6.18 Å². The molecule has 150 valence electrons. The number of fused-ring (bicyclic) bond motifs is 3. The molecule has 1 atom stereocenters. The normalized spacial score (nSPS) is 19.1. The lowest BCUT2D eigenvalue weighted by Gasteiger charge is -2.18. The van der Waals surface area contributed by atoms with Gasteiger partial charge in [-0.1, -0.05) is 18.2 Å². The fraction of sp³-hybridized carbons (Fsp3) is 0.478. The lowest BCUT2D eigenvalue weighted by molar-refractivity contribution is -0.127. The summed E-state index contributed by atoms with van der Waals surface area (Å²) in [6.45, 7) is 4.22. The van der Waals surface area contributed by atoms with Crippen molar-refractivity contribution in [1.82, 2.24) is 0 Å². The Kier molecular flexibility index (Phi) is 5.37. The van der Waals surface area contributed by atoms with Crippen LogP contribution in [0, 0.1) is 12.8 Å². The maximum atomic E-state index is 12.9. The third kappa shape index (κ3) is 4.35. The van der Waals surface area contributed by atoms with E-state index in [1.54, 1.807) is 12.1 Å². The number of halogens is 3. The van der Waals surface area contributed by atoms with Crippen molar-refractivity contribution >= 4 is 0 Å². The Morgan fingerprint density at radius 1 is 1.11 bits per heavy atom. The third-order valence-corrected chi connectivity index (χ3v) is 5.64. The average Bonchev–Trinajstić information content (AvgIpc) is 3.06. The molecule has 5 heteroatoms. The Bertz CT molecular complexity index is 852. The minimum Gasteiger partial charge on any atom is -0.493 e. The van der Waals surface area contributed by atoms with Gasteiger partial charge in [0.2, 0.25) is 0 Å². The summed E-state index contributed by atoms with van der Waals surface area (Å²) in [5.41, 5.74) is 5.70. The van der Waals surface area contributed by atoms with Gasteiger partial charge in [-0.3, -0.25) is 0 Å². The maximum Gasteiger partial charge on any atom is 0.393 e. The van der Waals surface area contributed by atoms with Gasteiger partial charge < -0.3 is 9.47 Å².